The highest BCUT2D eigenvalue weighted by Gasteiger charge is 2.51. The minimum atomic E-state index is -3.80. The first-order valence-corrected chi connectivity index (χ1v) is 36.5. The molecule has 2 fully saturated rings. The fourth-order valence-electron chi connectivity index (χ4n) is 15.4. The number of nitrogens with zero attached hydrogens (tertiary/aromatic N) is 14. The Bertz CT molecular complexity index is 4360. The topological polar surface area (TPSA) is 297 Å². The molecule has 8 aliphatic heterocycles. The van der Waals surface area contributed by atoms with Crippen molar-refractivity contribution in [3.05, 3.63) is 116 Å². The lowest BCUT2D eigenvalue weighted by atomic mass is 9.80. The molecule has 0 radical (unpaired) electrons. The Kier molecular flexibility index (Phi) is 18.8. The van der Waals surface area contributed by atoms with E-state index >= 15 is 0 Å². The molecule has 2 N–H and O–H groups in total. The number of aryl methyl sites for hydroxylation is 2. The average Bonchev–Trinajstić information content (AvgIpc) is 1.50. The van der Waals surface area contributed by atoms with Gasteiger partial charge in [0.15, 0.2) is 11.4 Å². The number of carboxylic acid groups (broad SMARTS) is 1. The highest BCUT2D eigenvalue weighted by molar-refractivity contribution is 7.90. The van der Waals surface area contributed by atoms with Crippen LogP contribution in [0.3, 0.4) is 0 Å². The molecule has 28 nitrogen and oxygen atoms in total. The number of carbonyl (C=O) groups is 4. The summed E-state index contributed by atoms with van der Waals surface area (Å²) in [5, 5.41) is 21.9. The molecule has 6 atom stereocenters. The number of amides is 4. The number of benzene rings is 2. The molecule has 6 aromatic rings. The number of nitrogens with one attached hydrogen (secondary N) is 1. The molecule has 2 saturated heterocycles. The van der Waals surface area contributed by atoms with Crippen LogP contribution in [0.25, 0.3) is 0 Å². The van der Waals surface area contributed by atoms with E-state index in [4.69, 9.17) is 38.4 Å². The standard InChI is InChI=1S/C39H51FN8O6.C32H41N7O7S/c1-24-28-10-9-26(41-36(50)54-37(2,3)4)15-30(28)39(23-51-24)18-32-29(21-53-39)33(43-35(42-32)52-22-38-11-7-13-47(38)19-25(40)17-38)46-12-8-14-48-27(20-46)16-31(44-48)34(49)45(5)6;1-19-22-10-9-20(39(30(41)42)31(2,3)4)13-24(22)32(18-45-19)15-26-23(17-46-32)27(34-29(33-26)47(7,43)44)37-11-8-12-38-21(16-37)14-25(35-38)28(40)36(5)6/h9-10,15-16,24-25H,7-8,11-14,17-23H2,1-6H3,(H,41,50);9-10,13-14,19H,8,11-12,15-18H2,1-7H3,(H,41,42)/t24-,25+,38-,39+;19-,32+/m00/s1. The predicted octanol–water partition coefficient (Wildman–Crippen LogP) is 8.68. The van der Waals surface area contributed by atoms with E-state index in [1.165, 1.54) is 14.7 Å². The zero-order chi connectivity index (χ0) is 72.0. The number of hydrogen-bond acceptors (Lipinski definition) is 21. The van der Waals surface area contributed by atoms with Crippen LogP contribution in [0.1, 0.15) is 177 Å². The third kappa shape index (κ3) is 14.1. The van der Waals surface area contributed by atoms with E-state index in [1.54, 1.807) is 40.3 Å². The first kappa shape index (κ1) is 71.0. The second-order valence-electron chi connectivity index (χ2n) is 30.4. The van der Waals surface area contributed by atoms with E-state index in [-0.39, 0.29) is 73.6 Å². The van der Waals surface area contributed by atoms with Crippen LogP contribution in [-0.2, 0) is 97.0 Å². The van der Waals surface area contributed by atoms with Gasteiger partial charge < -0.3 is 53.1 Å². The number of anilines is 4. The van der Waals surface area contributed by atoms with Crippen LogP contribution in [-0.4, -0.2) is 195 Å². The number of fused-ring (bicyclic) bond motifs is 9. The first-order chi connectivity index (χ1) is 47.7. The van der Waals surface area contributed by atoms with Gasteiger partial charge in [-0.25, -0.2) is 32.4 Å². The zero-order valence-corrected chi connectivity index (χ0v) is 60.7. The van der Waals surface area contributed by atoms with Crippen LogP contribution in [0.2, 0.25) is 0 Å². The Labute approximate surface area is 587 Å². The molecule has 14 rings (SSSR count). The summed E-state index contributed by atoms with van der Waals surface area (Å²) in [7, 11) is 3.00. The van der Waals surface area contributed by atoms with Crippen molar-refractivity contribution < 1.29 is 65.5 Å². The van der Waals surface area contributed by atoms with Crippen molar-refractivity contribution in [2.75, 3.05) is 100 Å². The van der Waals surface area contributed by atoms with Crippen LogP contribution in [0.15, 0.2) is 53.7 Å². The molecule has 0 aliphatic carbocycles. The molecule has 0 saturated carbocycles. The summed E-state index contributed by atoms with van der Waals surface area (Å²) < 4.78 is 82.4. The SMILES string of the molecule is C[C@@H]1OC[C@]2(Cc3nc(OC[C@@]45CCCN4C[C@H](F)C5)nc(N4CCCn5nc(C(=O)N(C)C)cc5C4)c3CO2)c2cc(NC(=O)OC(C)(C)C)ccc21.C[C@@H]1OC[C@]2(Cc3nc(S(C)(=O)=O)nc(N4CCCn5nc(C(=O)N(C)C)cc5C4)c3CO2)c2cc(N(C(=O)O)C(C)(C)C)ccc21. The van der Waals surface area contributed by atoms with E-state index in [2.05, 4.69) is 35.3 Å². The van der Waals surface area contributed by atoms with Gasteiger partial charge in [0.1, 0.15) is 41.2 Å². The van der Waals surface area contributed by atoms with Crippen molar-refractivity contribution in [3.8, 4) is 6.01 Å². The molecule has 8 aliphatic rings. The summed E-state index contributed by atoms with van der Waals surface area (Å²) in [6.45, 7) is 20.6. The molecule has 0 unspecified atom stereocenters. The van der Waals surface area contributed by atoms with Crippen molar-refractivity contribution >= 4 is 56.8 Å². The number of hydrogen-bond donors (Lipinski definition) is 2. The summed E-state index contributed by atoms with van der Waals surface area (Å²) >= 11 is 0. The van der Waals surface area contributed by atoms with Crippen molar-refractivity contribution in [2.24, 2.45) is 0 Å². The molecular weight excluding hydrogens is 1320 g/mol. The summed E-state index contributed by atoms with van der Waals surface area (Å²) in [4.78, 5) is 80.6. The molecule has 2 spiro atoms. The molecule has 12 heterocycles. The normalized spacial score (nSPS) is 23.9. The molecule has 101 heavy (non-hydrogen) atoms. The van der Waals surface area contributed by atoms with Gasteiger partial charge in [-0.1, -0.05) is 12.1 Å². The van der Waals surface area contributed by atoms with Crippen LogP contribution in [0, 0.1) is 0 Å². The van der Waals surface area contributed by atoms with Crippen LogP contribution < -0.4 is 24.8 Å². The van der Waals surface area contributed by atoms with Crippen LogP contribution in [0.4, 0.5) is 37.0 Å². The lowest BCUT2D eigenvalue weighted by Crippen LogP contribution is -2.47. The third-order valence-corrected chi connectivity index (χ3v) is 21.1. The monoisotopic (exact) mass is 1410 g/mol. The summed E-state index contributed by atoms with van der Waals surface area (Å²) in [5.41, 5.74) is 6.31. The fourth-order valence-corrected chi connectivity index (χ4v) is 15.9. The summed E-state index contributed by atoms with van der Waals surface area (Å²) in [6, 6.07) is 15.1. The number of halogens is 1. The van der Waals surface area contributed by atoms with Gasteiger partial charge in [0.25, 0.3) is 11.8 Å². The van der Waals surface area contributed by atoms with Crippen molar-refractivity contribution in [1.29, 1.82) is 0 Å². The van der Waals surface area contributed by atoms with Gasteiger partial charge in [-0.15, -0.1) is 0 Å². The Morgan fingerprint density at radius 2 is 1.26 bits per heavy atom. The highest BCUT2D eigenvalue weighted by Crippen LogP contribution is 2.50. The lowest BCUT2D eigenvalue weighted by Gasteiger charge is -2.44. The van der Waals surface area contributed by atoms with Crippen molar-refractivity contribution in [3.63, 3.8) is 0 Å². The van der Waals surface area contributed by atoms with Crippen molar-refractivity contribution in [1.82, 2.24) is 54.2 Å². The Morgan fingerprint density at radius 1 is 0.713 bits per heavy atom. The average molecular weight is 1410 g/mol. The zero-order valence-electron chi connectivity index (χ0n) is 59.9. The summed E-state index contributed by atoms with van der Waals surface area (Å²) in [5.74, 6) is 0.828. The Hall–Kier alpha value is -8.42. The third-order valence-electron chi connectivity index (χ3n) is 20.3. The molecule has 542 valence electrons. The molecule has 0 bridgehead atoms. The smallest absolute Gasteiger partial charge is 0.412 e. The van der Waals surface area contributed by atoms with E-state index in [9.17, 15) is 37.1 Å². The maximum absolute atomic E-state index is 14.7. The quantitative estimate of drug-likeness (QED) is 0.121. The Morgan fingerprint density at radius 3 is 1.79 bits per heavy atom. The number of ether oxygens (including phenoxy) is 6. The molecule has 2 aromatic carbocycles. The van der Waals surface area contributed by atoms with Gasteiger partial charge in [0.05, 0.1) is 80.0 Å². The minimum Gasteiger partial charge on any atom is -0.465 e. The van der Waals surface area contributed by atoms with E-state index < -0.39 is 50.5 Å². The van der Waals surface area contributed by atoms with Gasteiger partial charge >= 0.3 is 18.2 Å². The van der Waals surface area contributed by atoms with Gasteiger partial charge in [0, 0.05) is 114 Å². The molecule has 30 heteroatoms. The lowest BCUT2D eigenvalue weighted by molar-refractivity contribution is -0.148. The number of carbonyl (C=O) groups excluding carboxylic acids is 3. The number of aromatic nitrogens is 8. The maximum Gasteiger partial charge on any atom is 0.412 e. The largest absolute Gasteiger partial charge is 0.465 e. The second-order valence-corrected chi connectivity index (χ2v) is 32.3. The maximum atomic E-state index is 14.7. The number of sulfone groups is 1. The predicted molar refractivity (Wildman–Crippen MR) is 370 cm³/mol. The van der Waals surface area contributed by atoms with Gasteiger partial charge in [-0.05, 0) is 146 Å². The highest BCUT2D eigenvalue weighted by atomic mass is 32.2. The van der Waals surface area contributed by atoms with Gasteiger partial charge in [-0.2, -0.15) is 20.2 Å². The second kappa shape index (κ2) is 26.8. The number of alkyl halides is 1. The number of rotatable bonds is 10. The molecule has 4 aromatic heterocycles. The fraction of sp³-hybridized carbons (Fsp3) is 0.577. The van der Waals surface area contributed by atoms with Crippen LogP contribution >= 0.6 is 0 Å². The van der Waals surface area contributed by atoms with E-state index in [1.807, 2.05) is 106 Å². The minimum absolute atomic E-state index is 0.0815. The summed E-state index contributed by atoms with van der Waals surface area (Å²) in [6.07, 6.45) is 2.52. The van der Waals surface area contributed by atoms with E-state index in [0.29, 0.717) is 117 Å². The Balaban J connectivity index is 0.000000182. The van der Waals surface area contributed by atoms with E-state index in [0.717, 1.165) is 77.0 Å². The molecule has 4 amide bonds. The van der Waals surface area contributed by atoms with Gasteiger partial charge in [-0.3, -0.25) is 34.1 Å². The van der Waals surface area contributed by atoms with Crippen LogP contribution in [0.5, 0.6) is 6.01 Å². The van der Waals surface area contributed by atoms with Crippen molar-refractivity contribution in [2.45, 2.75) is 191 Å². The molecular formula is C71H92FN15O13S. The first-order valence-electron chi connectivity index (χ1n) is 34.6. The van der Waals surface area contributed by atoms with Gasteiger partial charge in [0.2, 0.25) is 15.0 Å².